The number of benzene rings is 1. The molecule has 2 N–H and O–H groups in total. The van der Waals surface area contributed by atoms with E-state index in [2.05, 4.69) is 10.3 Å². The molecule has 1 aliphatic rings. The summed E-state index contributed by atoms with van der Waals surface area (Å²) >= 11 is 0. The summed E-state index contributed by atoms with van der Waals surface area (Å²) < 4.78 is 5.86. The van der Waals surface area contributed by atoms with Gasteiger partial charge in [0.15, 0.2) is 0 Å². The van der Waals surface area contributed by atoms with Crippen LogP contribution in [0.5, 0.6) is 5.88 Å². The number of ether oxygens (including phenoxy) is 1. The summed E-state index contributed by atoms with van der Waals surface area (Å²) in [5.41, 5.74) is 3.44. The fourth-order valence-corrected chi connectivity index (χ4v) is 3.05. The Kier molecular flexibility index (Phi) is 4.25. The number of aliphatic carboxylic acids is 1. The molecule has 0 saturated carbocycles. The Hall–Kier alpha value is -2.82. The van der Waals surface area contributed by atoms with E-state index in [1.165, 1.54) is 0 Å². The molecule has 5 nitrogen and oxygen atoms in total. The SMILES string of the molecule is CC1=C(C(=O)O)C(c2ccccc2)c2c(ccnc2OC(C)C)N1. The largest absolute Gasteiger partial charge is 0.478 e. The van der Waals surface area contributed by atoms with Crippen LogP contribution in [0, 0.1) is 0 Å². The number of hydrogen-bond donors (Lipinski definition) is 2. The second-order valence-corrected chi connectivity index (χ2v) is 6.06. The van der Waals surface area contributed by atoms with Gasteiger partial charge in [0.25, 0.3) is 0 Å². The van der Waals surface area contributed by atoms with Crippen molar-refractivity contribution in [2.24, 2.45) is 0 Å². The molecule has 0 amide bonds. The molecule has 1 aromatic carbocycles. The summed E-state index contributed by atoms with van der Waals surface area (Å²) in [6, 6.07) is 11.4. The monoisotopic (exact) mass is 324 g/mol. The molecule has 0 aliphatic carbocycles. The number of pyridine rings is 1. The van der Waals surface area contributed by atoms with E-state index in [0.29, 0.717) is 17.2 Å². The van der Waals surface area contributed by atoms with Crippen LogP contribution in [0.1, 0.15) is 37.8 Å². The maximum absolute atomic E-state index is 11.9. The first-order chi connectivity index (χ1) is 11.5. The van der Waals surface area contributed by atoms with E-state index in [1.54, 1.807) is 13.1 Å². The molecule has 0 spiro atoms. The normalized spacial score (nSPS) is 16.6. The number of fused-ring (bicyclic) bond motifs is 1. The lowest BCUT2D eigenvalue weighted by molar-refractivity contribution is -0.132. The van der Waals surface area contributed by atoms with E-state index in [-0.39, 0.29) is 6.10 Å². The number of nitrogens with one attached hydrogen (secondary N) is 1. The Morgan fingerprint density at radius 2 is 1.96 bits per heavy atom. The van der Waals surface area contributed by atoms with Gasteiger partial charge in [-0.15, -0.1) is 0 Å². The average molecular weight is 324 g/mol. The molecule has 1 unspecified atom stereocenters. The van der Waals surface area contributed by atoms with E-state index in [1.807, 2.05) is 50.2 Å². The number of carboxylic acid groups (broad SMARTS) is 1. The quantitative estimate of drug-likeness (QED) is 0.895. The zero-order valence-corrected chi connectivity index (χ0v) is 13.9. The standard InChI is InChI=1S/C19H20N2O3/c1-11(2)24-18-17-14(9-10-20-18)21-12(3)15(19(22)23)16(17)13-7-5-4-6-8-13/h4-11,16,21H,1-3H3,(H,22,23). The molecule has 5 heteroatoms. The van der Waals surface area contributed by atoms with Crippen LogP contribution in [0.15, 0.2) is 53.9 Å². The van der Waals surface area contributed by atoms with Gasteiger partial charge in [-0.3, -0.25) is 0 Å². The summed E-state index contributed by atoms with van der Waals surface area (Å²) in [6.07, 6.45) is 1.62. The molecule has 0 fully saturated rings. The minimum absolute atomic E-state index is 0.0549. The third-order valence-electron chi connectivity index (χ3n) is 3.97. The average Bonchev–Trinajstić information content (AvgIpc) is 2.53. The molecule has 24 heavy (non-hydrogen) atoms. The van der Waals surface area contributed by atoms with Gasteiger partial charge in [0.05, 0.1) is 17.6 Å². The molecule has 2 heterocycles. The highest BCUT2D eigenvalue weighted by atomic mass is 16.5. The van der Waals surface area contributed by atoms with Crippen molar-refractivity contribution < 1.29 is 14.6 Å². The Labute approximate surface area is 141 Å². The van der Waals surface area contributed by atoms with Crippen LogP contribution in [0.25, 0.3) is 0 Å². The second kappa shape index (κ2) is 6.35. The predicted octanol–water partition coefficient (Wildman–Crippen LogP) is 3.78. The van der Waals surface area contributed by atoms with Crippen molar-refractivity contribution in [2.75, 3.05) is 5.32 Å². The van der Waals surface area contributed by atoms with Crippen LogP contribution in [-0.4, -0.2) is 22.2 Å². The van der Waals surface area contributed by atoms with E-state index in [9.17, 15) is 9.90 Å². The zero-order valence-electron chi connectivity index (χ0n) is 13.9. The van der Waals surface area contributed by atoms with Crippen molar-refractivity contribution in [1.29, 1.82) is 0 Å². The molecule has 124 valence electrons. The molecule has 1 aliphatic heterocycles. The summed E-state index contributed by atoms with van der Waals surface area (Å²) in [5.74, 6) is -0.906. The first kappa shape index (κ1) is 16.1. The molecule has 1 atom stereocenters. The minimum atomic E-state index is -0.946. The smallest absolute Gasteiger partial charge is 0.334 e. The van der Waals surface area contributed by atoms with Gasteiger partial charge in [-0.1, -0.05) is 30.3 Å². The lowest BCUT2D eigenvalue weighted by atomic mass is 9.81. The van der Waals surface area contributed by atoms with Gasteiger partial charge in [0, 0.05) is 23.1 Å². The van der Waals surface area contributed by atoms with E-state index in [4.69, 9.17) is 4.74 Å². The van der Waals surface area contributed by atoms with Crippen molar-refractivity contribution in [3.05, 3.63) is 65.0 Å². The van der Waals surface area contributed by atoms with Gasteiger partial charge in [-0.05, 0) is 32.4 Å². The Bertz CT molecular complexity index is 798. The van der Waals surface area contributed by atoms with E-state index in [0.717, 1.165) is 16.8 Å². The van der Waals surface area contributed by atoms with Crippen molar-refractivity contribution >= 4 is 11.7 Å². The number of anilines is 1. The van der Waals surface area contributed by atoms with Crippen LogP contribution < -0.4 is 10.1 Å². The molecule has 3 rings (SSSR count). The van der Waals surface area contributed by atoms with E-state index >= 15 is 0 Å². The summed E-state index contributed by atoms with van der Waals surface area (Å²) in [5, 5.41) is 13.0. The third-order valence-corrected chi connectivity index (χ3v) is 3.97. The molecule has 0 bridgehead atoms. The molecular weight excluding hydrogens is 304 g/mol. The van der Waals surface area contributed by atoms with Crippen LogP contribution in [0.2, 0.25) is 0 Å². The Morgan fingerprint density at radius 3 is 2.58 bits per heavy atom. The van der Waals surface area contributed by atoms with Crippen LogP contribution in [0.4, 0.5) is 5.69 Å². The summed E-state index contributed by atoms with van der Waals surface area (Å²) in [6.45, 7) is 5.63. The van der Waals surface area contributed by atoms with Crippen molar-refractivity contribution in [3.63, 3.8) is 0 Å². The molecule has 0 radical (unpaired) electrons. The van der Waals surface area contributed by atoms with E-state index < -0.39 is 11.9 Å². The van der Waals surface area contributed by atoms with Gasteiger partial charge >= 0.3 is 5.97 Å². The van der Waals surface area contributed by atoms with Crippen molar-refractivity contribution in [3.8, 4) is 5.88 Å². The molecule has 0 saturated heterocycles. The number of rotatable bonds is 4. The molecule has 1 aromatic heterocycles. The Morgan fingerprint density at radius 1 is 1.25 bits per heavy atom. The van der Waals surface area contributed by atoms with Crippen LogP contribution in [-0.2, 0) is 4.79 Å². The highest BCUT2D eigenvalue weighted by molar-refractivity contribution is 5.93. The Balaban J connectivity index is 2.25. The van der Waals surface area contributed by atoms with Crippen LogP contribution >= 0.6 is 0 Å². The number of allylic oxidation sites excluding steroid dienone is 1. The first-order valence-corrected chi connectivity index (χ1v) is 7.90. The zero-order chi connectivity index (χ0) is 17.3. The maximum atomic E-state index is 11.9. The summed E-state index contributed by atoms with van der Waals surface area (Å²) in [4.78, 5) is 16.3. The first-order valence-electron chi connectivity index (χ1n) is 7.90. The van der Waals surface area contributed by atoms with Gasteiger partial charge in [0.2, 0.25) is 5.88 Å². The highest BCUT2D eigenvalue weighted by Gasteiger charge is 2.35. The van der Waals surface area contributed by atoms with Gasteiger partial charge < -0.3 is 15.2 Å². The van der Waals surface area contributed by atoms with Crippen molar-refractivity contribution in [1.82, 2.24) is 4.98 Å². The van der Waals surface area contributed by atoms with Crippen LogP contribution in [0.3, 0.4) is 0 Å². The van der Waals surface area contributed by atoms with Gasteiger partial charge in [-0.2, -0.15) is 0 Å². The number of hydrogen-bond acceptors (Lipinski definition) is 4. The topological polar surface area (TPSA) is 71.5 Å². The van der Waals surface area contributed by atoms with Gasteiger partial charge in [-0.25, -0.2) is 9.78 Å². The number of aromatic nitrogens is 1. The number of carboxylic acids is 1. The second-order valence-electron chi connectivity index (χ2n) is 6.06. The lowest BCUT2D eigenvalue weighted by Crippen LogP contribution is -2.24. The number of nitrogens with zero attached hydrogens (tertiary/aromatic N) is 1. The summed E-state index contributed by atoms with van der Waals surface area (Å²) in [7, 11) is 0. The fraction of sp³-hybridized carbons (Fsp3) is 0.263. The third kappa shape index (κ3) is 2.85. The lowest BCUT2D eigenvalue weighted by Gasteiger charge is -2.30. The minimum Gasteiger partial charge on any atom is -0.478 e. The molecular formula is C19H20N2O3. The number of carbonyl (C=O) groups is 1. The maximum Gasteiger partial charge on any atom is 0.334 e. The van der Waals surface area contributed by atoms with Gasteiger partial charge in [0.1, 0.15) is 0 Å². The molecule has 2 aromatic rings. The highest BCUT2D eigenvalue weighted by Crippen LogP contribution is 2.45. The van der Waals surface area contributed by atoms with Crippen molar-refractivity contribution in [2.45, 2.75) is 32.8 Å². The fourth-order valence-electron chi connectivity index (χ4n) is 3.05. The predicted molar refractivity (Wildman–Crippen MR) is 92.2 cm³/mol.